The average Bonchev–Trinajstić information content (AvgIpc) is 3.12. The summed E-state index contributed by atoms with van der Waals surface area (Å²) in [5.41, 5.74) is 1.37. The zero-order valence-electron chi connectivity index (χ0n) is 20.7. The van der Waals surface area contributed by atoms with E-state index in [2.05, 4.69) is 27.4 Å². The van der Waals surface area contributed by atoms with Gasteiger partial charge in [0.2, 0.25) is 0 Å². The molecule has 35 heavy (non-hydrogen) atoms. The summed E-state index contributed by atoms with van der Waals surface area (Å²) in [4.78, 5) is 35.1. The SMILES string of the molecule is Cc1cc(NC(=O)C[N+]23CCC(CC2)C(OC(=O)C2(c4ccccc4)CCCCCC2)C3)ncn1. The predicted octanol–water partition coefficient (Wildman–Crippen LogP) is 4.17. The monoisotopic (exact) mass is 477 g/mol. The van der Waals surface area contributed by atoms with E-state index in [4.69, 9.17) is 4.74 Å². The molecule has 1 amide bonds. The normalized spacial score (nSPS) is 27.6. The number of amides is 1. The van der Waals surface area contributed by atoms with Crippen LogP contribution in [0.2, 0.25) is 0 Å². The second-order valence-corrected chi connectivity index (χ2v) is 10.9. The van der Waals surface area contributed by atoms with Gasteiger partial charge >= 0.3 is 5.97 Å². The Balaban J connectivity index is 1.29. The van der Waals surface area contributed by atoms with Crippen molar-refractivity contribution in [2.45, 2.75) is 69.8 Å². The molecule has 4 fully saturated rings. The number of benzene rings is 1. The van der Waals surface area contributed by atoms with Gasteiger partial charge in [0, 0.05) is 30.5 Å². The lowest BCUT2D eigenvalue weighted by Gasteiger charge is -2.52. The minimum atomic E-state index is -0.545. The molecule has 2 aromatic rings. The van der Waals surface area contributed by atoms with Gasteiger partial charge in [-0.1, -0.05) is 56.0 Å². The Hall–Kier alpha value is -2.80. The highest BCUT2D eigenvalue weighted by Crippen LogP contribution is 2.42. The van der Waals surface area contributed by atoms with Crippen molar-refractivity contribution in [2.75, 3.05) is 31.5 Å². The lowest BCUT2D eigenvalue weighted by atomic mass is 9.74. The van der Waals surface area contributed by atoms with Gasteiger partial charge in [-0.3, -0.25) is 9.59 Å². The Morgan fingerprint density at radius 3 is 2.46 bits per heavy atom. The number of carbonyl (C=O) groups is 2. The predicted molar refractivity (Wildman–Crippen MR) is 134 cm³/mol. The van der Waals surface area contributed by atoms with Gasteiger partial charge in [0.05, 0.1) is 18.5 Å². The number of quaternary nitrogens is 1. The number of nitrogens with zero attached hydrogens (tertiary/aromatic N) is 3. The molecular weight excluding hydrogens is 440 g/mol. The van der Waals surface area contributed by atoms with E-state index in [1.165, 1.54) is 19.2 Å². The molecule has 186 valence electrons. The molecule has 7 heteroatoms. The molecule has 4 aliphatic rings. The van der Waals surface area contributed by atoms with Crippen molar-refractivity contribution in [3.8, 4) is 0 Å². The van der Waals surface area contributed by atoms with Crippen LogP contribution in [-0.2, 0) is 19.7 Å². The number of fused-ring (bicyclic) bond motifs is 3. The Morgan fingerprint density at radius 2 is 1.77 bits per heavy atom. The van der Waals surface area contributed by atoms with E-state index in [0.717, 1.165) is 69.4 Å². The van der Waals surface area contributed by atoms with Gasteiger partial charge in [-0.05, 0) is 25.3 Å². The molecule has 1 aliphatic carbocycles. The smallest absolute Gasteiger partial charge is 0.317 e. The van der Waals surface area contributed by atoms with Gasteiger partial charge in [-0.2, -0.15) is 0 Å². The van der Waals surface area contributed by atoms with Crippen LogP contribution in [0.5, 0.6) is 0 Å². The van der Waals surface area contributed by atoms with E-state index >= 15 is 0 Å². The lowest BCUT2D eigenvalue weighted by molar-refractivity contribution is -0.939. The van der Waals surface area contributed by atoms with E-state index in [0.29, 0.717) is 22.8 Å². The van der Waals surface area contributed by atoms with Gasteiger partial charge in [0.15, 0.2) is 12.6 Å². The highest BCUT2D eigenvalue weighted by atomic mass is 16.5. The van der Waals surface area contributed by atoms with Crippen LogP contribution >= 0.6 is 0 Å². The third-order valence-electron chi connectivity index (χ3n) is 8.52. The number of rotatable bonds is 6. The number of piperidine rings is 3. The fourth-order valence-corrected chi connectivity index (χ4v) is 6.54. The van der Waals surface area contributed by atoms with E-state index < -0.39 is 5.41 Å². The van der Waals surface area contributed by atoms with E-state index in [1.54, 1.807) is 6.07 Å². The number of aromatic nitrogens is 2. The maximum absolute atomic E-state index is 13.9. The summed E-state index contributed by atoms with van der Waals surface area (Å²) in [6, 6.07) is 12.0. The molecule has 6 rings (SSSR count). The second-order valence-electron chi connectivity index (χ2n) is 10.9. The van der Waals surface area contributed by atoms with Gasteiger partial charge < -0.3 is 14.5 Å². The third-order valence-corrected chi connectivity index (χ3v) is 8.52. The number of hydrogen-bond donors (Lipinski definition) is 1. The standard InChI is InChI=1S/C28H36N4O3/c1-21-17-25(30-20-29-21)31-26(33)19-32-15-11-22(12-16-32)24(18-32)35-27(34)28(13-7-2-3-8-14-28)23-9-5-4-6-10-23/h4-6,9-10,17,20,22,24H,2-3,7-8,11-16,18-19H2,1H3/p+1. The largest absolute Gasteiger partial charge is 0.455 e. The number of hydrogen-bond acceptors (Lipinski definition) is 5. The van der Waals surface area contributed by atoms with Crippen LogP contribution in [0.15, 0.2) is 42.7 Å². The van der Waals surface area contributed by atoms with E-state index in [9.17, 15) is 9.59 Å². The first-order valence-electron chi connectivity index (χ1n) is 13.2. The van der Waals surface area contributed by atoms with E-state index in [1.807, 2.05) is 25.1 Å². The maximum Gasteiger partial charge on any atom is 0.317 e. The molecule has 1 aromatic heterocycles. The fourth-order valence-electron chi connectivity index (χ4n) is 6.54. The van der Waals surface area contributed by atoms with Crippen LogP contribution in [0.25, 0.3) is 0 Å². The molecule has 7 nitrogen and oxygen atoms in total. The minimum absolute atomic E-state index is 0.0435. The molecule has 0 spiro atoms. The molecule has 1 aromatic carbocycles. The van der Waals surface area contributed by atoms with Crippen LogP contribution in [0.1, 0.15) is 62.6 Å². The molecule has 0 radical (unpaired) electrons. The number of esters is 1. The molecule has 2 bridgehead atoms. The van der Waals surface area contributed by atoms with Crippen molar-refractivity contribution >= 4 is 17.7 Å². The van der Waals surface area contributed by atoms with Gasteiger partial charge in [-0.15, -0.1) is 0 Å². The summed E-state index contributed by atoms with van der Waals surface area (Å²) in [5.74, 6) is 0.834. The summed E-state index contributed by atoms with van der Waals surface area (Å²) in [6.07, 6.45) is 9.51. The Labute approximate surface area is 207 Å². The first-order valence-corrected chi connectivity index (χ1v) is 13.2. The summed E-state index contributed by atoms with van der Waals surface area (Å²) in [6.45, 7) is 4.90. The molecule has 4 heterocycles. The highest BCUT2D eigenvalue weighted by Gasteiger charge is 2.51. The summed E-state index contributed by atoms with van der Waals surface area (Å²) in [7, 11) is 0. The number of anilines is 1. The number of nitrogens with one attached hydrogen (secondary N) is 1. The van der Waals surface area contributed by atoms with Gasteiger partial charge in [0.1, 0.15) is 18.7 Å². The van der Waals surface area contributed by atoms with Crippen LogP contribution in [0, 0.1) is 12.8 Å². The van der Waals surface area contributed by atoms with Gasteiger partial charge in [-0.25, -0.2) is 9.97 Å². The molecule has 3 saturated heterocycles. The van der Waals surface area contributed by atoms with Crippen LogP contribution in [0.3, 0.4) is 0 Å². The van der Waals surface area contributed by atoms with Gasteiger partial charge in [0.25, 0.3) is 5.91 Å². The Morgan fingerprint density at radius 1 is 1.06 bits per heavy atom. The molecule has 3 aliphatic heterocycles. The summed E-state index contributed by atoms with van der Waals surface area (Å²) >= 11 is 0. The zero-order valence-corrected chi connectivity index (χ0v) is 20.7. The van der Waals surface area contributed by atoms with Crippen molar-refractivity contribution in [3.63, 3.8) is 0 Å². The van der Waals surface area contributed by atoms with E-state index in [-0.39, 0.29) is 18.0 Å². The molecule has 1 saturated carbocycles. The molecule has 1 N–H and O–H groups in total. The zero-order chi connectivity index (χ0) is 24.3. The van der Waals surface area contributed by atoms with Crippen LogP contribution in [0.4, 0.5) is 5.82 Å². The van der Waals surface area contributed by atoms with Crippen LogP contribution in [-0.4, -0.2) is 58.6 Å². The molecular formula is C28H37N4O3+. The fraction of sp³-hybridized carbons (Fsp3) is 0.571. The Kier molecular flexibility index (Phi) is 6.87. The van der Waals surface area contributed by atoms with Crippen molar-refractivity contribution in [1.82, 2.24) is 9.97 Å². The third kappa shape index (κ3) is 5.10. The van der Waals surface area contributed by atoms with Crippen LogP contribution < -0.4 is 5.32 Å². The first-order chi connectivity index (χ1) is 17.0. The summed E-state index contributed by atoms with van der Waals surface area (Å²) < 4.78 is 7.10. The second kappa shape index (κ2) is 10.1. The van der Waals surface area contributed by atoms with Crippen molar-refractivity contribution in [1.29, 1.82) is 0 Å². The van der Waals surface area contributed by atoms with Crippen molar-refractivity contribution < 1.29 is 18.8 Å². The quantitative estimate of drug-likeness (QED) is 0.384. The molecule has 1 unspecified atom stereocenters. The number of carbonyl (C=O) groups excluding carboxylic acids is 2. The highest BCUT2D eigenvalue weighted by molar-refractivity contribution is 5.90. The first kappa shape index (κ1) is 23.9. The Bertz CT molecular complexity index is 1040. The maximum atomic E-state index is 13.9. The summed E-state index contributed by atoms with van der Waals surface area (Å²) in [5, 5.41) is 2.93. The lowest BCUT2D eigenvalue weighted by Crippen LogP contribution is -2.66. The number of aryl methyl sites for hydroxylation is 1. The van der Waals surface area contributed by atoms with Crippen molar-refractivity contribution in [2.24, 2.45) is 5.92 Å². The minimum Gasteiger partial charge on any atom is -0.455 e. The van der Waals surface area contributed by atoms with Crippen molar-refractivity contribution in [3.05, 3.63) is 54.0 Å². The number of ether oxygens (including phenoxy) is 1. The average molecular weight is 478 g/mol. The topological polar surface area (TPSA) is 81.2 Å². The molecule has 1 atom stereocenters.